The Morgan fingerprint density at radius 2 is 1.92 bits per heavy atom. The number of carbonyl (C=O) groups excluding carboxylic acids is 1. The molecule has 1 amide bonds. The number of fused-ring (bicyclic) bond motifs is 9. The quantitative estimate of drug-likeness (QED) is 0.345. The van der Waals surface area contributed by atoms with Crippen molar-refractivity contribution in [1.82, 2.24) is 34.7 Å². The number of ether oxygens (including phenoxy) is 1. The number of pyridine rings is 1. The molecule has 1 aromatic carbocycles. The number of nitrogens with one attached hydrogen (secondary N) is 2. The highest BCUT2D eigenvalue weighted by molar-refractivity contribution is 7.92. The number of benzene rings is 1. The van der Waals surface area contributed by atoms with Gasteiger partial charge in [0.2, 0.25) is 5.88 Å². The average molecular weight is 517 g/mol. The van der Waals surface area contributed by atoms with Gasteiger partial charge in [-0.1, -0.05) is 6.07 Å². The van der Waals surface area contributed by atoms with Gasteiger partial charge in [0.15, 0.2) is 5.65 Å². The second-order valence-corrected chi connectivity index (χ2v) is 9.98. The Kier molecular flexibility index (Phi) is 5.34. The molecule has 0 radical (unpaired) electrons. The van der Waals surface area contributed by atoms with Crippen LogP contribution in [0.4, 0.5) is 5.69 Å². The van der Waals surface area contributed by atoms with Gasteiger partial charge in [0.25, 0.3) is 15.9 Å². The smallest absolute Gasteiger partial charge is 0.262 e. The molecule has 13 heteroatoms. The maximum Gasteiger partial charge on any atom is 0.262 e. The van der Waals surface area contributed by atoms with E-state index in [1.165, 1.54) is 25.3 Å². The fraction of sp³-hybridized carbons (Fsp3) is 0.125. The summed E-state index contributed by atoms with van der Waals surface area (Å²) in [6.07, 6.45) is 8.60. The van der Waals surface area contributed by atoms with E-state index in [4.69, 9.17) is 9.72 Å². The molecule has 0 atom stereocenters. The fourth-order valence-electron chi connectivity index (χ4n) is 4.08. The highest BCUT2D eigenvalue weighted by Crippen LogP contribution is 2.31. The standard InChI is InChI=1S/C24H20N8O4S/c1-36-24-21-10-16(11-26-24)20-5-7-32-22(29-20)19(13-28-32)17-12-27-31(14-17)8-6-25-23(33)15-3-2-4-18(9-15)37(34,35)30-21/h2-5,7,9-14,30H,6,8H2,1H3,(H,25,33). The van der Waals surface area contributed by atoms with Gasteiger partial charge in [-0.2, -0.15) is 10.2 Å². The lowest BCUT2D eigenvalue weighted by molar-refractivity contribution is 0.0951. The SMILES string of the molecule is COc1ncc2cc1NS(=O)(=O)c1cccc(c1)C(=O)NCCn1cc(cn1)-c1cnn3ccc-2nc13. The van der Waals surface area contributed by atoms with Gasteiger partial charge in [-0.3, -0.25) is 14.2 Å². The van der Waals surface area contributed by atoms with Crippen molar-refractivity contribution in [3.8, 4) is 28.3 Å². The van der Waals surface area contributed by atoms with Crippen molar-refractivity contribution >= 4 is 27.3 Å². The zero-order valence-electron chi connectivity index (χ0n) is 19.5. The molecule has 5 heterocycles. The van der Waals surface area contributed by atoms with Crippen LogP contribution in [0.5, 0.6) is 5.88 Å². The highest BCUT2D eigenvalue weighted by atomic mass is 32.2. The van der Waals surface area contributed by atoms with E-state index >= 15 is 0 Å². The molecule has 0 unspecified atom stereocenters. The van der Waals surface area contributed by atoms with Crippen LogP contribution in [0.1, 0.15) is 10.4 Å². The van der Waals surface area contributed by atoms with Crippen molar-refractivity contribution in [2.75, 3.05) is 18.4 Å². The van der Waals surface area contributed by atoms with Crippen molar-refractivity contribution < 1.29 is 17.9 Å². The number of nitrogens with zero attached hydrogens (tertiary/aromatic N) is 6. The molecule has 8 bridgehead atoms. The molecule has 6 rings (SSSR count). The third-order valence-electron chi connectivity index (χ3n) is 5.93. The summed E-state index contributed by atoms with van der Waals surface area (Å²) in [5.74, 6) is -0.312. The first-order valence-electron chi connectivity index (χ1n) is 11.2. The predicted octanol–water partition coefficient (Wildman–Crippen LogP) is 2.21. The monoisotopic (exact) mass is 516 g/mol. The predicted molar refractivity (Wildman–Crippen MR) is 134 cm³/mol. The zero-order chi connectivity index (χ0) is 25.6. The second-order valence-electron chi connectivity index (χ2n) is 8.30. The van der Waals surface area contributed by atoms with Gasteiger partial charge in [-0.05, 0) is 30.3 Å². The minimum atomic E-state index is -4.08. The van der Waals surface area contributed by atoms with Crippen LogP contribution in [0.25, 0.3) is 28.0 Å². The summed E-state index contributed by atoms with van der Waals surface area (Å²) < 4.78 is 37.7. The first-order valence-corrected chi connectivity index (χ1v) is 12.7. The Hall–Kier alpha value is -4.78. The zero-order valence-corrected chi connectivity index (χ0v) is 20.3. The molecule has 12 nitrogen and oxygen atoms in total. The number of hydrogen-bond acceptors (Lipinski definition) is 8. The Labute approximate surface area is 211 Å². The summed E-state index contributed by atoms with van der Waals surface area (Å²) in [5, 5.41) is 11.6. The normalized spacial score (nSPS) is 14.8. The second kappa shape index (κ2) is 8.71. The lowest BCUT2D eigenvalue weighted by Gasteiger charge is -2.13. The molecule has 4 aromatic heterocycles. The van der Waals surface area contributed by atoms with Crippen LogP contribution in [-0.2, 0) is 16.6 Å². The molecule has 0 saturated carbocycles. The van der Waals surface area contributed by atoms with Crippen molar-refractivity contribution in [2.45, 2.75) is 11.4 Å². The maximum absolute atomic E-state index is 13.2. The van der Waals surface area contributed by atoms with Gasteiger partial charge in [0.1, 0.15) is 5.69 Å². The van der Waals surface area contributed by atoms with Gasteiger partial charge < -0.3 is 10.1 Å². The summed E-state index contributed by atoms with van der Waals surface area (Å²) in [7, 11) is -2.68. The Morgan fingerprint density at radius 1 is 1.03 bits per heavy atom. The number of rotatable bonds is 1. The third kappa shape index (κ3) is 4.14. The number of carbonyl (C=O) groups is 1. The molecule has 186 valence electrons. The fourth-order valence-corrected chi connectivity index (χ4v) is 5.17. The minimum Gasteiger partial charge on any atom is -0.480 e. The molecule has 5 aromatic rings. The Morgan fingerprint density at radius 3 is 2.78 bits per heavy atom. The van der Waals surface area contributed by atoms with E-state index in [0.717, 1.165) is 11.1 Å². The highest BCUT2D eigenvalue weighted by Gasteiger charge is 2.21. The van der Waals surface area contributed by atoms with E-state index in [-0.39, 0.29) is 22.0 Å². The minimum absolute atomic E-state index is 0.0781. The number of hydrogen-bond donors (Lipinski definition) is 2. The van der Waals surface area contributed by atoms with Gasteiger partial charge in [-0.15, -0.1) is 0 Å². The van der Waals surface area contributed by atoms with Crippen LogP contribution in [0.2, 0.25) is 0 Å². The van der Waals surface area contributed by atoms with Gasteiger partial charge in [0, 0.05) is 47.4 Å². The van der Waals surface area contributed by atoms with Crippen molar-refractivity contribution in [1.29, 1.82) is 0 Å². The summed E-state index contributed by atoms with van der Waals surface area (Å²) >= 11 is 0. The molecule has 2 N–H and O–H groups in total. The van der Waals surface area contributed by atoms with Crippen LogP contribution in [0, 0.1) is 0 Å². The number of aromatic nitrogens is 6. The van der Waals surface area contributed by atoms with Crippen LogP contribution in [0.15, 0.2) is 72.3 Å². The molecule has 1 aliphatic heterocycles. The Bertz CT molecular complexity index is 1780. The van der Waals surface area contributed by atoms with Gasteiger partial charge in [-0.25, -0.2) is 22.9 Å². The maximum atomic E-state index is 13.2. The summed E-state index contributed by atoms with van der Waals surface area (Å²) in [4.78, 5) is 21.7. The summed E-state index contributed by atoms with van der Waals surface area (Å²) in [6, 6.07) is 9.15. The summed E-state index contributed by atoms with van der Waals surface area (Å²) in [6.45, 7) is 0.710. The number of amides is 1. The van der Waals surface area contributed by atoms with E-state index in [1.54, 1.807) is 52.2 Å². The average Bonchev–Trinajstić information content (AvgIpc) is 3.54. The number of methoxy groups -OCH3 is 1. The van der Waals surface area contributed by atoms with E-state index in [0.29, 0.717) is 30.0 Å². The molecule has 0 saturated heterocycles. The van der Waals surface area contributed by atoms with Crippen LogP contribution in [0.3, 0.4) is 0 Å². The van der Waals surface area contributed by atoms with E-state index in [2.05, 4.69) is 25.2 Å². The third-order valence-corrected chi connectivity index (χ3v) is 7.29. The van der Waals surface area contributed by atoms with Crippen LogP contribution in [-0.4, -0.2) is 57.3 Å². The van der Waals surface area contributed by atoms with Crippen LogP contribution >= 0.6 is 0 Å². The van der Waals surface area contributed by atoms with Crippen molar-refractivity contribution in [3.05, 3.63) is 72.9 Å². The molecule has 0 spiro atoms. The summed E-state index contributed by atoms with van der Waals surface area (Å²) in [5.41, 5.74) is 3.65. The molecule has 37 heavy (non-hydrogen) atoms. The van der Waals surface area contributed by atoms with Crippen molar-refractivity contribution in [2.24, 2.45) is 0 Å². The first kappa shape index (κ1) is 22.7. The van der Waals surface area contributed by atoms with E-state index < -0.39 is 15.9 Å². The molecular formula is C24H20N8O4S. The van der Waals surface area contributed by atoms with Gasteiger partial charge in [0.05, 0.1) is 36.6 Å². The van der Waals surface area contributed by atoms with Gasteiger partial charge >= 0.3 is 0 Å². The Balaban J connectivity index is 1.52. The molecule has 0 aliphatic carbocycles. The first-order chi connectivity index (χ1) is 17.9. The molecular weight excluding hydrogens is 496 g/mol. The van der Waals surface area contributed by atoms with Crippen LogP contribution < -0.4 is 14.8 Å². The number of anilines is 1. The molecule has 1 aliphatic rings. The van der Waals surface area contributed by atoms with E-state index in [1.807, 2.05) is 6.20 Å². The molecule has 0 fully saturated rings. The van der Waals surface area contributed by atoms with Crippen molar-refractivity contribution in [3.63, 3.8) is 0 Å². The van der Waals surface area contributed by atoms with E-state index in [9.17, 15) is 13.2 Å². The lowest BCUT2D eigenvalue weighted by Crippen LogP contribution is -2.27. The topological polar surface area (TPSA) is 145 Å². The lowest BCUT2D eigenvalue weighted by atomic mass is 10.1. The number of sulfonamides is 1. The largest absolute Gasteiger partial charge is 0.480 e.